The number of hydrogen-bond acceptors (Lipinski definition) is 5. The SMILES string of the molecule is C[C@@H](OC[C@@]1(c2ccccc2)CC[C@@](N)(COCc2ccccc2)CN1C(=O)OCc1ccccc1)c1cc(C(F)(F)F)cc(C(F)(F)F)c1. The van der Waals surface area contributed by atoms with E-state index in [2.05, 4.69) is 0 Å². The van der Waals surface area contributed by atoms with Gasteiger partial charge in [-0.3, -0.25) is 4.90 Å². The molecule has 2 N–H and O–H groups in total. The highest BCUT2D eigenvalue weighted by Gasteiger charge is 2.51. The summed E-state index contributed by atoms with van der Waals surface area (Å²) < 4.78 is 99.9. The Labute approximate surface area is 286 Å². The molecule has 1 heterocycles. The molecular formula is C38H38F6N2O4. The zero-order valence-corrected chi connectivity index (χ0v) is 27.3. The van der Waals surface area contributed by atoms with Gasteiger partial charge in [0.15, 0.2) is 0 Å². The topological polar surface area (TPSA) is 74.0 Å². The maximum absolute atomic E-state index is 14.1. The second-order valence-corrected chi connectivity index (χ2v) is 12.7. The van der Waals surface area contributed by atoms with Crippen molar-refractivity contribution in [3.05, 3.63) is 143 Å². The fraction of sp³-hybridized carbons (Fsp3) is 0.342. The lowest BCUT2D eigenvalue weighted by atomic mass is 9.75. The Bertz CT molecular complexity index is 1670. The van der Waals surface area contributed by atoms with E-state index in [-0.39, 0.29) is 44.4 Å². The van der Waals surface area contributed by atoms with Gasteiger partial charge in [0.05, 0.1) is 48.1 Å². The predicted octanol–water partition coefficient (Wildman–Crippen LogP) is 9.04. The molecule has 266 valence electrons. The number of piperidine rings is 1. The summed E-state index contributed by atoms with van der Waals surface area (Å²) in [6.07, 6.45) is -11.4. The minimum Gasteiger partial charge on any atom is -0.445 e. The van der Waals surface area contributed by atoms with Gasteiger partial charge < -0.3 is 19.9 Å². The number of carbonyl (C=O) groups is 1. The molecule has 0 unspecified atom stereocenters. The van der Waals surface area contributed by atoms with Crippen molar-refractivity contribution in [2.75, 3.05) is 19.8 Å². The Hall–Kier alpha value is -4.39. The lowest BCUT2D eigenvalue weighted by Crippen LogP contribution is -2.66. The minimum absolute atomic E-state index is 0.0379. The lowest BCUT2D eigenvalue weighted by Gasteiger charge is -2.52. The van der Waals surface area contributed by atoms with Crippen LogP contribution in [0, 0.1) is 0 Å². The van der Waals surface area contributed by atoms with Gasteiger partial charge in [0, 0.05) is 6.54 Å². The number of carbonyl (C=O) groups excluding carboxylic acids is 1. The number of nitrogens with two attached hydrogens (primary N) is 1. The number of rotatable bonds is 11. The first-order chi connectivity index (χ1) is 23.7. The highest BCUT2D eigenvalue weighted by atomic mass is 19.4. The van der Waals surface area contributed by atoms with Crippen molar-refractivity contribution in [2.45, 2.75) is 62.5 Å². The van der Waals surface area contributed by atoms with E-state index in [1.54, 1.807) is 54.6 Å². The molecule has 0 aliphatic carbocycles. The summed E-state index contributed by atoms with van der Waals surface area (Å²) in [4.78, 5) is 15.5. The molecule has 1 aliphatic rings. The average molecular weight is 701 g/mol. The predicted molar refractivity (Wildman–Crippen MR) is 175 cm³/mol. The van der Waals surface area contributed by atoms with Crippen LogP contribution in [0.4, 0.5) is 31.1 Å². The van der Waals surface area contributed by atoms with Crippen LogP contribution in [0.25, 0.3) is 0 Å². The Morgan fingerprint density at radius 2 is 1.28 bits per heavy atom. The van der Waals surface area contributed by atoms with Crippen LogP contribution in [0.15, 0.2) is 109 Å². The monoisotopic (exact) mass is 700 g/mol. The van der Waals surface area contributed by atoms with E-state index in [1.807, 2.05) is 36.4 Å². The summed E-state index contributed by atoms with van der Waals surface area (Å²) in [5.74, 6) is 0. The third-order valence-electron chi connectivity index (χ3n) is 8.92. The molecule has 3 atom stereocenters. The largest absolute Gasteiger partial charge is 0.445 e. The van der Waals surface area contributed by atoms with Gasteiger partial charge in [0.1, 0.15) is 6.61 Å². The molecule has 50 heavy (non-hydrogen) atoms. The van der Waals surface area contributed by atoms with Gasteiger partial charge in [-0.15, -0.1) is 0 Å². The molecule has 6 nitrogen and oxygen atoms in total. The molecule has 1 fully saturated rings. The zero-order valence-electron chi connectivity index (χ0n) is 27.3. The van der Waals surface area contributed by atoms with Crippen LogP contribution in [0.2, 0.25) is 0 Å². The summed E-state index contributed by atoms with van der Waals surface area (Å²) >= 11 is 0. The van der Waals surface area contributed by atoms with Crippen LogP contribution in [0.3, 0.4) is 0 Å². The first-order valence-electron chi connectivity index (χ1n) is 16.0. The lowest BCUT2D eigenvalue weighted by molar-refractivity contribution is -0.143. The molecule has 0 spiro atoms. The third kappa shape index (κ3) is 9.04. The van der Waals surface area contributed by atoms with Crippen LogP contribution >= 0.6 is 0 Å². The molecule has 4 aromatic carbocycles. The third-order valence-corrected chi connectivity index (χ3v) is 8.92. The van der Waals surface area contributed by atoms with Gasteiger partial charge in [-0.1, -0.05) is 91.0 Å². The molecule has 4 aromatic rings. The normalized spacial score (nSPS) is 20.4. The minimum atomic E-state index is -5.02. The van der Waals surface area contributed by atoms with E-state index in [9.17, 15) is 31.1 Å². The van der Waals surface area contributed by atoms with Crippen molar-refractivity contribution >= 4 is 6.09 Å². The fourth-order valence-electron chi connectivity index (χ4n) is 6.09. The molecule has 1 amide bonds. The van der Waals surface area contributed by atoms with Gasteiger partial charge in [-0.25, -0.2) is 4.79 Å². The van der Waals surface area contributed by atoms with Gasteiger partial charge in [0.2, 0.25) is 0 Å². The Morgan fingerprint density at radius 3 is 1.82 bits per heavy atom. The van der Waals surface area contributed by atoms with Crippen LogP contribution in [0.1, 0.15) is 59.3 Å². The molecule has 1 aliphatic heterocycles. The smallest absolute Gasteiger partial charge is 0.416 e. The first-order valence-corrected chi connectivity index (χ1v) is 16.0. The molecule has 0 bridgehead atoms. The summed E-state index contributed by atoms with van der Waals surface area (Å²) in [5.41, 5.74) is 3.74. The standard InChI is InChI=1S/C38H38F6N2O4/c1-27(30-19-32(37(39,40)41)21-33(20-30)38(42,43)44)50-26-36(31-15-9-4-10-16-31)18-17-35(45,25-48-22-28-11-5-2-6-12-28)24-46(36)34(47)49-23-29-13-7-3-8-14-29/h2-16,19-21,27H,17-18,22-26,45H2,1H3/t27-,35+,36-/m1/s1. The fourth-order valence-corrected chi connectivity index (χ4v) is 6.09. The number of halogens is 6. The number of amides is 1. The Kier molecular flexibility index (Phi) is 11.2. The number of ether oxygens (including phenoxy) is 3. The van der Waals surface area contributed by atoms with Crippen molar-refractivity contribution in [3.8, 4) is 0 Å². The molecule has 0 aromatic heterocycles. The number of nitrogens with zero attached hydrogens (tertiary/aromatic N) is 1. The maximum Gasteiger partial charge on any atom is 0.416 e. The number of likely N-dealkylation sites (tertiary alicyclic amines) is 1. The highest BCUT2D eigenvalue weighted by Crippen LogP contribution is 2.43. The molecule has 0 radical (unpaired) electrons. The molecule has 0 saturated carbocycles. The molecule has 5 rings (SSSR count). The Balaban J connectivity index is 1.46. The molecule has 1 saturated heterocycles. The van der Waals surface area contributed by atoms with Crippen LogP contribution < -0.4 is 5.73 Å². The number of alkyl halides is 6. The summed E-state index contributed by atoms with van der Waals surface area (Å²) in [6.45, 7) is 1.39. The average Bonchev–Trinajstić information content (AvgIpc) is 3.10. The number of benzene rings is 4. The summed E-state index contributed by atoms with van der Waals surface area (Å²) in [6, 6.07) is 28.8. The van der Waals surface area contributed by atoms with Crippen molar-refractivity contribution in [2.24, 2.45) is 5.73 Å². The van der Waals surface area contributed by atoms with Crippen molar-refractivity contribution in [3.63, 3.8) is 0 Å². The first kappa shape index (κ1) is 36.9. The van der Waals surface area contributed by atoms with Crippen molar-refractivity contribution in [1.82, 2.24) is 4.90 Å². The molecule has 12 heteroatoms. The highest BCUT2D eigenvalue weighted by molar-refractivity contribution is 5.70. The zero-order chi connectivity index (χ0) is 36.0. The van der Waals surface area contributed by atoms with E-state index >= 15 is 0 Å². The van der Waals surface area contributed by atoms with Gasteiger partial charge >= 0.3 is 18.4 Å². The van der Waals surface area contributed by atoms with Gasteiger partial charge in [-0.05, 0) is 60.2 Å². The van der Waals surface area contributed by atoms with Crippen LogP contribution in [-0.2, 0) is 45.3 Å². The maximum atomic E-state index is 14.1. The van der Waals surface area contributed by atoms with Crippen molar-refractivity contribution < 1.29 is 45.3 Å². The van der Waals surface area contributed by atoms with E-state index in [0.29, 0.717) is 30.7 Å². The van der Waals surface area contributed by atoms with E-state index in [0.717, 1.165) is 11.1 Å². The van der Waals surface area contributed by atoms with Crippen molar-refractivity contribution in [1.29, 1.82) is 0 Å². The van der Waals surface area contributed by atoms with Gasteiger partial charge in [0.25, 0.3) is 0 Å². The summed E-state index contributed by atoms with van der Waals surface area (Å²) in [5, 5.41) is 0. The molecular weight excluding hydrogens is 662 g/mol. The van der Waals surface area contributed by atoms with Crippen LogP contribution in [-0.4, -0.2) is 36.3 Å². The second kappa shape index (κ2) is 15.2. The van der Waals surface area contributed by atoms with E-state index in [1.165, 1.54) is 11.8 Å². The summed E-state index contributed by atoms with van der Waals surface area (Å²) in [7, 11) is 0. The number of hydrogen-bond donors (Lipinski definition) is 1. The Morgan fingerprint density at radius 1 is 0.760 bits per heavy atom. The van der Waals surface area contributed by atoms with Crippen LogP contribution in [0.5, 0.6) is 0 Å². The van der Waals surface area contributed by atoms with E-state index in [4.69, 9.17) is 19.9 Å². The second-order valence-electron chi connectivity index (χ2n) is 12.7. The van der Waals surface area contributed by atoms with E-state index < -0.39 is 46.8 Å². The van der Waals surface area contributed by atoms with Gasteiger partial charge in [-0.2, -0.15) is 26.3 Å². The quantitative estimate of drug-likeness (QED) is 0.158.